The van der Waals surface area contributed by atoms with E-state index in [0.29, 0.717) is 23.7 Å². The number of carbonyl (C=O) groups excluding carboxylic acids is 1. The Morgan fingerprint density at radius 2 is 2.22 bits per heavy atom. The van der Waals surface area contributed by atoms with E-state index in [4.69, 9.17) is 11.6 Å². The molecule has 1 heterocycles. The van der Waals surface area contributed by atoms with Crippen LogP contribution in [-0.4, -0.2) is 40.5 Å². The minimum Gasteiger partial charge on any atom is -0.349 e. The van der Waals surface area contributed by atoms with Crippen LogP contribution in [0.1, 0.15) is 36.5 Å². The van der Waals surface area contributed by atoms with E-state index in [-0.39, 0.29) is 11.9 Å². The zero-order valence-electron chi connectivity index (χ0n) is 13.6. The number of nitrogens with one attached hydrogen (secondary N) is 2. The summed E-state index contributed by atoms with van der Waals surface area (Å²) < 4.78 is 1.69. The van der Waals surface area contributed by atoms with Crippen molar-refractivity contribution in [1.82, 2.24) is 25.6 Å². The molecule has 0 saturated carbocycles. The molecule has 0 spiro atoms. The summed E-state index contributed by atoms with van der Waals surface area (Å²) in [6.07, 6.45) is 1.60. The minimum atomic E-state index is -0.205. The molecule has 2 aromatic rings. The molecule has 7 heteroatoms. The largest absolute Gasteiger partial charge is 0.349 e. The van der Waals surface area contributed by atoms with Gasteiger partial charge in [-0.15, -0.1) is 5.10 Å². The summed E-state index contributed by atoms with van der Waals surface area (Å²) in [6.45, 7) is 4.58. The summed E-state index contributed by atoms with van der Waals surface area (Å²) in [5, 5.41) is 14.8. The van der Waals surface area contributed by atoms with Gasteiger partial charge in [-0.3, -0.25) is 4.79 Å². The summed E-state index contributed by atoms with van der Waals surface area (Å²) >= 11 is 6.05. The fourth-order valence-electron chi connectivity index (χ4n) is 2.19. The lowest BCUT2D eigenvalue weighted by Gasteiger charge is -2.11. The smallest absolute Gasteiger partial charge is 0.273 e. The number of likely N-dealkylation sites (N-methyl/N-ethyl adjacent to an activating group) is 1. The van der Waals surface area contributed by atoms with Crippen LogP contribution in [-0.2, 0) is 6.42 Å². The maximum absolute atomic E-state index is 12.4. The predicted octanol–water partition coefficient (Wildman–Crippen LogP) is 2.21. The summed E-state index contributed by atoms with van der Waals surface area (Å²) in [5.74, 6) is -0.205. The maximum Gasteiger partial charge on any atom is 0.273 e. The third kappa shape index (κ3) is 4.30. The molecule has 0 aliphatic rings. The van der Waals surface area contributed by atoms with Crippen LogP contribution in [0.3, 0.4) is 0 Å². The molecule has 0 saturated heterocycles. The number of rotatable bonds is 7. The third-order valence-corrected chi connectivity index (χ3v) is 3.81. The highest BCUT2D eigenvalue weighted by Gasteiger charge is 2.20. The van der Waals surface area contributed by atoms with E-state index in [1.54, 1.807) is 16.8 Å². The van der Waals surface area contributed by atoms with Crippen LogP contribution in [0.25, 0.3) is 5.69 Å². The number of aromatic nitrogens is 3. The number of carbonyl (C=O) groups is 1. The Balaban J connectivity index is 2.29. The molecule has 2 N–H and O–H groups in total. The third-order valence-electron chi connectivity index (χ3n) is 3.58. The molecular weight excluding hydrogens is 314 g/mol. The average molecular weight is 336 g/mol. The Labute approximate surface area is 141 Å². The van der Waals surface area contributed by atoms with Crippen molar-refractivity contribution in [2.45, 2.75) is 32.7 Å². The van der Waals surface area contributed by atoms with Crippen molar-refractivity contribution < 1.29 is 4.79 Å². The lowest BCUT2D eigenvalue weighted by molar-refractivity contribution is 0.0944. The molecule has 0 aliphatic carbocycles. The fraction of sp³-hybridized carbons (Fsp3) is 0.438. The molecule has 1 amide bonds. The second kappa shape index (κ2) is 8.08. The van der Waals surface area contributed by atoms with E-state index in [1.165, 1.54) is 0 Å². The highest BCUT2D eigenvalue weighted by Crippen LogP contribution is 2.18. The Morgan fingerprint density at radius 3 is 2.87 bits per heavy atom. The van der Waals surface area contributed by atoms with Gasteiger partial charge in [-0.25, -0.2) is 4.68 Å². The highest BCUT2D eigenvalue weighted by molar-refractivity contribution is 6.30. The number of hydrogen-bond acceptors (Lipinski definition) is 4. The van der Waals surface area contributed by atoms with E-state index in [9.17, 15) is 4.79 Å². The molecule has 124 valence electrons. The van der Waals surface area contributed by atoms with Crippen molar-refractivity contribution in [3.8, 4) is 5.69 Å². The van der Waals surface area contributed by atoms with Gasteiger partial charge in [0.15, 0.2) is 5.69 Å². The van der Waals surface area contributed by atoms with Crippen LogP contribution in [0.4, 0.5) is 0 Å². The topological polar surface area (TPSA) is 71.8 Å². The Morgan fingerprint density at radius 1 is 1.43 bits per heavy atom. The normalized spacial score (nSPS) is 12.2. The van der Waals surface area contributed by atoms with E-state index < -0.39 is 0 Å². The lowest BCUT2D eigenvalue weighted by Crippen LogP contribution is -2.37. The van der Waals surface area contributed by atoms with Gasteiger partial charge in [0.1, 0.15) is 0 Å². The minimum absolute atomic E-state index is 0.191. The molecule has 0 fully saturated rings. The molecule has 0 radical (unpaired) electrons. The molecule has 0 aliphatic heterocycles. The molecule has 1 aromatic heterocycles. The second-order valence-corrected chi connectivity index (χ2v) is 5.86. The Bertz CT molecular complexity index is 670. The molecule has 1 unspecified atom stereocenters. The van der Waals surface area contributed by atoms with E-state index in [0.717, 1.165) is 17.8 Å². The van der Waals surface area contributed by atoms with Crippen LogP contribution in [0, 0.1) is 0 Å². The van der Waals surface area contributed by atoms with Crippen LogP contribution >= 0.6 is 11.6 Å². The van der Waals surface area contributed by atoms with E-state index in [1.807, 2.05) is 26.1 Å². The average Bonchev–Trinajstić information content (AvgIpc) is 2.96. The van der Waals surface area contributed by atoms with Gasteiger partial charge in [-0.1, -0.05) is 36.2 Å². The summed E-state index contributed by atoms with van der Waals surface area (Å²) in [6, 6.07) is 7.54. The number of hydrogen-bond donors (Lipinski definition) is 2. The van der Waals surface area contributed by atoms with Gasteiger partial charge in [-0.05, 0) is 38.6 Å². The van der Waals surface area contributed by atoms with Crippen LogP contribution in [0.15, 0.2) is 24.3 Å². The van der Waals surface area contributed by atoms with E-state index in [2.05, 4.69) is 27.9 Å². The molecule has 23 heavy (non-hydrogen) atoms. The summed E-state index contributed by atoms with van der Waals surface area (Å²) in [4.78, 5) is 12.4. The van der Waals surface area contributed by atoms with Crippen molar-refractivity contribution >= 4 is 17.5 Å². The predicted molar refractivity (Wildman–Crippen MR) is 91.2 cm³/mol. The van der Waals surface area contributed by atoms with Crippen LogP contribution in [0.2, 0.25) is 5.02 Å². The highest BCUT2D eigenvalue weighted by atomic mass is 35.5. The van der Waals surface area contributed by atoms with Crippen molar-refractivity contribution in [2.75, 3.05) is 13.6 Å². The van der Waals surface area contributed by atoms with Gasteiger partial charge in [0, 0.05) is 17.6 Å². The number of halogens is 1. The van der Waals surface area contributed by atoms with Crippen LogP contribution < -0.4 is 10.6 Å². The first-order chi connectivity index (χ1) is 11.1. The van der Waals surface area contributed by atoms with Gasteiger partial charge in [0.05, 0.1) is 11.4 Å². The zero-order chi connectivity index (χ0) is 16.8. The molecule has 0 bridgehead atoms. The molecular formula is C16H22ClN5O. The van der Waals surface area contributed by atoms with E-state index >= 15 is 0 Å². The second-order valence-electron chi connectivity index (χ2n) is 5.43. The standard InChI is InChI=1S/C16H22ClN5O/c1-4-6-14-15(16(23)19-10-11(2)18-3)20-21-22(14)13-8-5-7-12(17)9-13/h5,7-9,11,18H,4,6,10H2,1-3H3,(H,19,23). The first-order valence-corrected chi connectivity index (χ1v) is 8.10. The molecule has 1 aromatic carbocycles. The Hall–Kier alpha value is -1.92. The number of benzene rings is 1. The van der Waals surface area contributed by atoms with Gasteiger partial charge < -0.3 is 10.6 Å². The first kappa shape index (κ1) is 17.4. The monoisotopic (exact) mass is 335 g/mol. The number of amides is 1. The molecule has 6 nitrogen and oxygen atoms in total. The van der Waals surface area contributed by atoms with Gasteiger partial charge >= 0.3 is 0 Å². The summed E-state index contributed by atoms with van der Waals surface area (Å²) in [7, 11) is 1.86. The Kier molecular flexibility index (Phi) is 6.12. The number of nitrogens with zero attached hydrogens (tertiary/aromatic N) is 3. The van der Waals surface area contributed by atoms with Crippen molar-refractivity contribution in [1.29, 1.82) is 0 Å². The van der Waals surface area contributed by atoms with Gasteiger partial charge in [0.2, 0.25) is 0 Å². The molecule has 1 atom stereocenters. The SMILES string of the molecule is CCCc1c(C(=O)NCC(C)NC)nnn1-c1cccc(Cl)c1. The van der Waals surface area contributed by atoms with Crippen molar-refractivity contribution in [3.63, 3.8) is 0 Å². The van der Waals surface area contributed by atoms with Crippen molar-refractivity contribution in [2.24, 2.45) is 0 Å². The molecule has 2 rings (SSSR count). The fourth-order valence-corrected chi connectivity index (χ4v) is 2.37. The quantitative estimate of drug-likeness (QED) is 0.813. The maximum atomic E-state index is 12.4. The summed E-state index contributed by atoms with van der Waals surface area (Å²) in [5.41, 5.74) is 1.97. The van der Waals surface area contributed by atoms with Crippen molar-refractivity contribution in [3.05, 3.63) is 40.7 Å². The van der Waals surface area contributed by atoms with Gasteiger partial charge in [-0.2, -0.15) is 0 Å². The van der Waals surface area contributed by atoms with Crippen LogP contribution in [0.5, 0.6) is 0 Å². The van der Waals surface area contributed by atoms with Gasteiger partial charge in [0.25, 0.3) is 5.91 Å². The zero-order valence-corrected chi connectivity index (χ0v) is 14.4. The first-order valence-electron chi connectivity index (χ1n) is 7.72. The lowest BCUT2D eigenvalue weighted by atomic mass is 10.2.